The standard InChI is InChI=1S/C13H23N3O2/c1-9-4-5-11(7-9)15-12(17)10-3-2-6-16(8-10)13(14)18/h9-11H,2-8H2,1H3,(H2,14,18)(H,15,17). The zero-order valence-corrected chi connectivity index (χ0v) is 11.0. The second-order valence-corrected chi connectivity index (χ2v) is 5.75. The van der Waals surface area contributed by atoms with Gasteiger partial charge in [-0.05, 0) is 38.0 Å². The van der Waals surface area contributed by atoms with Crippen LogP contribution in [0.3, 0.4) is 0 Å². The maximum Gasteiger partial charge on any atom is 0.314 e. The Balaban J connectivity index is 1.83. The molecule has 0 aromatic carbocycles. The largest absolute Gasteiger partial charge is 0.353 e. The van der Waals surface area contributed by atoms with Crippen molar-refractivity contribution >= 4 is 11.9 Å². The highest BCUT2D eigenvalue weighted by Crippen LogP contribution is 2.25. The van der Waals surface area contributed by atoms with Crippen molar-refractivity contribution in [3.8, 4) is 0 Å². The molecule has 18 heavy (non-hydrogen) atoms. The minimum absolute atomic E-state index is 0.0813. The molecule has 5 nitrogen and oxygen atoms in total. The average Bonchev–Trinajstić information content (AvgIpc) is 2.75. The number of nitrogens with one attached hydrogen (secondary N) is 1. The summed E-state index contributed by atoms with van der Waals surface area (Å²) in [6.07, 6.45) is 5.08. The Labute approximate surface area is 108 Å². The molecular weight excluding hydrogens is 230 g/mol. The van der Waals surface area contributed by atoms with E-state index >= 15 is 0 Å². The lowest BCUT2D eigenvalue weighted by Gasteiger charge is -2.31. The SMILES string of the molecule is CC1CCC(NC(=O)C2CCCN(C(N)=O)C2)C1. The third-order valence-corrected chi connectivity index (χ3v) is 4.15. The number of piperidine rings is 1. The minimum Gasteiger partial charge on any atom is -0.353 e. The van der Waals surface area contributed by atoms with Crippen molar-refractivity contribution in [2.24, 2.45) is 17.6 Å². The van der Waals surface area contributed by atoms with E-state index in [1.807, 2.05) is 0 Å². The van der Waals surface area contributed by atoms with Gasteiger partial charge in [0.15, 0.2) is 0 Å². The van der Waals surface area contributed by atoms with Gasteiger partial charge in [-0.1, -0.05) is 6.92 Å². The van der Waals surface area contributed by atoms with Crippen LogP contribution < -0.4 is 11.1 Å². The molecule has 5 heteroatoms. The fraction of sp³-hybridized carbons (Fsp3) is 0.846. The zero-order chi connectivity index (χ0) is 13.1. The number of carbonyl (C=O) groups is 2. The lowest BCUT2D eigenvalue weighted by Crippen LogP contribution is -2.48. The van der Waals surface area contributed by atoms with Gasteiger partial charge in [-0.2, -0.15) is 0 Å². The monoisotopic (exact) mass is 253 g/mol. The first-order valence-electron chi connectivity index (χ1n) is 6.91. The number of nitrogens with zero attached hydrogens (tertiary/aromatic N) is 1. The van der Waals surface area contributed by atoms with Gasteiger partial charge < -0.3 is 16.0 Å². The summed E-state index contributed by atoms with van der Waals surface area (Å²) in [5.41, 5.74) is 5.27. The minimum atomic E-state index is -0.415. The predicted molar refractivity (Wildman–Crippen MR) is 68.8 cm³/mol. The van der Waals surface area contributed by atoms with E-state index in [-0.39, 0.29) is 11.8 Å². The number of amides is 3. The Morgan fingerprint density at radius 3 is 2.67 bits per heavy atom. The van der Waals surface area contributed by atoms with E-state index in [0.29, 0.717) is 25.0 Å². The van der Waals surface area contributed by atoms with Crippen molar-refractivity contribution in [2.75, 3.05) is 13.1 Å². The van der Waals surface area contributed by atoms with E-state index in [4.69, 9.17) is 5.73 Å². The summed E-state index contributed by atoms with van der Waals surface area (Å²) in [7, 11) is 0. The summed E-state index contributed by atoms with van der Waals surface area (Å²) in [6.45, 7) is 3.38. The molecule has 3 unspecified atom stereocenters. The molecule has 3 atom stereocenters. The van der Waals surface area contributed by atoms with Crippen LogP contribution in [0.1, 0.15) is 39.0 Å². The summed E-state index contributed by atoms with van der Waals surface area (Å²) in [6, 6.07) is -0.0848. The van der Waals surface area contributed by atoms with Crippen molar-refractivity contribution in [1.29, 1.82) is 0 Å². The Kier molecular flexibility index (Phi) is 4.09. The quantitative estimate of drug-likeness (QED) is 0.772. The normalized spacial score (nSPS) is 32.3. The molecule has 0 spiro atoms. The Hall–Kier alpha value is -1.26. The average molecular weight is 253 g/mol. The van der Waals surface area contributed by atoms with Crippen molar-refractivity contribution in [3.05, 3.63) is 0 Å². The van der Waals surface area contributed by atoms with Crippen LogP contribution in [0.4, 0.5) is 4.79 Å². The first kappa shape index (κ1) is 13.2. The molecule has 0 aromatic rings. The number of rotatable bonds is 2. The first-order chi connectivity index (χ1) is 8.56. The fourth-order valence-corrected chi connectivity index (χ4v) is 3.05. The summed E-state index contributed by atoms with van der Waals surface area (Å²) in [5.74, 6) is 0.728. The van der Waals surface area contributed by atoms with Gasteiger partial charge in [0.2, 0.25) is 5.91 Å². The summed E-state index contributed by atoms with van der Waals surface area (Å²) < 4.78 is 0. The summed E-state index contributed by atoms with van der Waals surface area (Å²) in [5, 5.41) is 3.12. The summed E-state index contributed by atoms with van der Waals surface area (Å²) in [4.78, 5) is 24.8. The smallest absolute Gasteiger partial charge is 0.314 e. The molecular formula is C13H23N3O2. The highest BCUT2D eigenvalue weighted by Gasteiger charge is 2.30. The van der Waals surface area contributed by atoms with E-state index in [9.17, 15) is 9.59 Å². The molecule has 0 aromatic heterocycles. The van der Waals surface area contributed by atoms with Crippen LogP contribution in [-0.2, 0) is 4.79 Å². The van der Waals surface area contributed by atoms with E-state index in [1.165, 1.54) is 6.42 Å². The molecule has 0 bridgehead atoms. The van der Waals surface area contributed by atoms with Gasteiger partial charge in [0.05, 0.1) is 5.92 Å². The van der Waals surface area contributed by atoms with Crippen LogP contribution >= 0.6 is 0 Å². The molecule has 1 aliphatic carbocycles. The van der Waals surface area contributed by atoms with Gasteiger partial charge in [-0.3, -0.25) is 4.79 Å². The number of nitrogens with two attached hydrogens (primary N) is 1. The number of hydrogen-bond acceptors (Lipinski definition) is 2. The van der Waals surface area contributed by atoms with Crippen LogP contribution in [0, 0.1) is 11.8 Å². The van der Waals surface area contributed by atoms with Gasteiger partial charge >= 0.3 is 6.03 Å². The molecule has 1 heterocycles. The van der Waals surface area contributed by atoms with Crippen molar-refractivity contribution < 1.29 is 9.59 Å². The predicted octanol–water partition coefficient (Wildman–Crippen LogP) is 1.08. The van der Waals surface area contributed by atoms with Crippen LogP contribution in [-0.4, -0.2) is 36.0 Å². The lowest BCUT2D eigenvalue weighted by atomic mass is 9.97. The fourth-order valence-electron chi connectivity index (χ4n) is 3.05. The van der Waals surface area contributed by atoms with Gasteiger partial charge in [0.1, 0.15) is 0 Å². The number of carbonyl (C=O) groups excluding carboxylic acids is 2. The molecule has 0 radical (unpaired) electrons. The second-order valence-electron chi connectivity index (χ2n) is 5.75. The molecule has 2 fully saturated rings. The Morgan fingerprint density at radius 2 is 2.06 bits per heavy atom. The Bertz CT molecular complexity index is 332. The van der Waals surface area contributed by atoms with Crippen LogP contribution in [0.25, 0.3) is 0 Å². The molecule has 1 saturated heterocycles. The van der Waals surface area contributed by atoms with Crippen LogP contribution in [0.15, 0.2) is 0 Å². The maximum atomic E-state index is 12.1. The third-order valence-electron chi connectivity index (χ3n) is 4.15. The molecule has 1 saturated carbocycles. The third kappa shape index (κ3) is 3.15. The maximum absolute atomic E-state index is 12.1. The van der Waals surface area contributed by atoms with E-state index in [1.54, 1.807) is 4.90 Å². The van der Waals surface area contributed by atoms with Gasteiger partial charge in [-0.25, -0.2) is 4.79 Å². The molecule has 3 amide bonds. The first-order valence-corrected chi connectivity index (χ1v) is 6.91. The van der Waals surface area contributed by atoms with Crippen LogP contribution in [0.5, 0.6) is 0 Å². The van der Waals surface area contributed by atoms with E-state index in [2.05, 4.69) is 12.2 Å². The van der Waals surface area contributed by atoms with E-state index < -0.39 is 6.03 Å². The molecule has 3 N–H and O–H groups in total. The van der Waals surface area contributed by atoms with E-state index in [0.717, 1.165) is 25.7 Å². The van der Waals surface area contributed by atoms with Crippen molar-refractivity contribution in [1.82, 2.24) is 10.2 Å². The Morgan fingerprint density at radius 1 is 1.28 bits per heavy atom. The van der Waals surface area contributed by atoms with Gasteiger partial charge in [0.25, 0.3) is 0 Å². The van der Waals surface area contributed by atoms with Gasteiger partial charge in [0, 0.05) is 19.1 Å². The number of urea groups is 1. The topological polar surface area (TPSA) is 75.4 Å². The highest BCUT2D eigenvalue weighted by molar-refractivity contribution is 5.80. The van der Waals surface area contributed by atoms with Crippen LogP contribution in [0.2, 0.25) is 0 Å². The number of likely N-dealkylation sites (tertiary alicyclic amines) is 1. The molecule has 2 rings (SSSR count). The zero-order valence-electron chi connectivity index (χ0n) is 11.0. The molecule has 1 aliphatic heterocycles. The summed E-state index contributed by atoms with van der Waals surface area (Å²) >= 11 is 0. The highest BCUT2D eigenvalue weighted by atomic mass is 16.2. The van der Waals surface area contributed by atoms with Crippen molar-refractivity contribution in [2.45, 2.75) is 45.1 Å². The lowest BCUT2D eigenvalue weighted by molar-refractivity contribution is -0.127. The number of primary amides is 1. The number of hydrogen-bond donors (Lipinski definition) is 2. The second kappa shape index (κ2) is 5.59. The van der Waals surface area contributed by atoms with Gasteiger partial charge in [-0.15, -0.1) is 0 Å². The molecule has 102 valence electrons. The van der Waals surface area contributed by atoms with Crippen molar-refractivity contribution in [3.63, 3.8) is 0 Å². The molecule has 2 aliphatic rings.